The van der Waals surface area contributed by atoms with Crippen LogP contribution >= 0.6 is 11.3 Å². The summed E-state index contributed by atoms with van der Waals surface area (Å²) in [6, 6.07) is -0.168. The topological polar surface area (TPSA) is 45.2 Å². The van der Waals surface area contributed by atoms with Gasteiger partial charge in [0.05, 0.1) is 18.1 Å². The largest absolute Gasteiger partial charge is 0.327 e. The Hall–Kier alpha value is -1.54. The fourth-order valence-electron chi connectivity index (χ4n) is 1.05. The maximum atomic E-state index is 11.4. The zero-order valence-electron chi connectivity index (χ0n) is 8.78. The summed E-state index contributed by atoms with van der Waals surface area (Å²) in [7, 11) is 1.72. The van der Waals surface area contributed by atoms with Crippen molar-refractivity contribution in [3.05, 3.63) is 16.1 Å². The number of urea groups is 1. The summed E-state index contributed by atoms with van der Waals surface area (Å²) in [5, 5.41) is 3.60. The van der Waals surface area contributed by atoms with Crippen molar-refractivity contribution >= 4 is 17.4 Å². The van der Waals surface area contributed by atoms with E-state index in [1.807, 2.05) is 6.92 Å². The number of amides is 2. The Morgan fingerprint density at radius 1 is 1.80 bits per heavy atom. The van der Waals surface area contributed by atoms with Gasteiger partial charge in [-0.15, -0.1) is 17.8 Å². The molecule has 1 aromatic heterocycles. The van der Waals surface area contributed by atoms with E-state index in [9.17, 15) is 4.79 Å². The summed E-state index contributed by atoms with van der Waals surface area (Å²) in [5.41, 5.74) is 0. The third-order valence-corrected chi connectivity index (χ3v) is 2.65. The second-order valence-corrected chi connectivity index (χ2v) is 4.38. The fourth-order valence-corrected chi connectivity index (χ4v) is 1.89. The van der Waals surface area contributed by atoms with E-state index in [1.54, 1.807) is 29.5 Å². The van der Waals surface area contributed by atoms with E-state index >= 15 is 0 Å². The predicted octanol–water partition coefficient (Wildman–Crippen LogP) is 1.23. The van der Waals surface area contributed by atoms with Crippen molar-refractivity contribution in [3.63, 3.8) is 0 Å². The number of nitrogens with one attached hydrogen (secondary N) is 1. The lowest BCUT2D eigenvalue weighted by molar-refractivity contribution is 0.208. The average Bonchev–Trinajstić information content (AvgIpc) is 2.60. The molecule has 2 amide bonds. The van der Waals surface area contributed by atoms with Crippen LogP contribution in [0.15, 0.2) is 6.20 Å². The molecular weight excluding hydrogens is 210 g/mol. The number of carbonyl (C=O) groups excluding carboxylic acids is 1. The standard InChI is InChI=1S/C10H13N3OS/c1-4-5-11-10(14)13(3)7-9-6-12-8(2)15-9/h1,6H,5,7H2,2-3H3,(H,11,14). The van der Waals surface area contributed by atoms with Gasteiger partial charge in [0, 0.05) is 18.1 Å². The second-order valence-electron chi connectivity index (χ2n) is 3.06. The molecule has 1 N–H and O–H groups in total. The first-order chi connectivity index (χ1) is 7.13. The molecule has 0 aromatic carbocycles. The van der Waals surface area contributed by atoms with Crippen LogP contribution in [0.2, 0.25) is 0 Å². The third-order valence-electron chi connectivity index (χ3n) is 1.75. The number of thiazole rings is 1. The number of hydrogen-bond donors (Lipinski definition) is 1. The molecule has 0 saturated heterocycles. The highest BCUT2D eigenvalue weighted by atomic mass is 32.1. The molecule has 15 heavy (non-hydrogen) atoms. The number of hydrogen-bond acceptors (Lipinski definition) is 3. The molecule has 0 spiro atoms. The van der Waals surface area contributed by atoms with Gasteiger partial charge >= 0.3 is 6.03 Å². The average molecular weight is 223 g/mol. The van der Waals surface area contributed by atoms with E-state index in [4.69, 9.17) is 6.42 Å². The summed E-state index contributed by atoms with van der Waals surface area (Å²) < 4.78 is 0. The molecule has 0 fully saturated rings. The van der Waals surface area contributed by atoms with Crippen molar-refractivity contribution in [1.82, 2.24) is 15.2 Å². The van der Waals surface area contributed by atoms with Crippen molar-refractivity contribution in [3.8, 4) is 12.3 Å². The summed E-state index contributed by atoms with van der Waals surface area (Å²) >= 11 is 1.58. The van der Waals surface area contributed by atoms with Crippen LogP contribution in [0.4, 0.5) is 4.79 Å². The summed E-state index contributed by atoms with van der Waals surface area (Å²) in [4.78, 5) is 18.2. The van der Waals surface area contributed by atoms with Gasteiger partial charge in [0.25, 0.3) is 0 Å². The third kappa shape index (κ3) is 3.60. The summed E-state index contributed by atoms with van der Waals surface area (Å²) in [6.07, 6.45) is 6.82. The number of aryl methyl sites for hydroxylation is 1. The smallest absolute Gasteiger partial charge is 0.318 e. The Labute approximate surface area is 93.3 Å². The highest BCUT2D eigenvalue weighted by molar-refractivity contribution is 7.11. The molecule has 1 rings (SSSR count). The lowest BCUT2D eigenvalue weighted by Crippen LogP contribution is -2.36. The van der Waals surface area contributed by atoms with Crippen molar-refractivity contribution in [2.75, 3.05) is 13.6 Å². The van der Waals surface area contributed by atoms with E-state index in [-0.39, 0.29) is 12.6 Å². The number of rotatable bonds is 3. The van der Waals surface area contributed by atoms with Crippen molar-refractivity contribution in [2.45, 2.75) is 13.5 Å². The molecule has 0 aliphatic heterocycles. The molecule has 0 bridgehead atoms. The van der Waals surface area contributed by atoms with Gasteiger partial charge in [-0.3, -0.25) is 0 Å². The Bertz CT molecular complexity index is 380. The highest BCUT2D eigenvalue weighted by Gasteiger charge is 2.08. The zero-order valence-corrected chi connectivity index (χ0v) is 9.60. The first kappa shape index (κ1) is 11.5. The molecule has 0 atom stereocenters. The Kier molecular flexibility index (Phi) is 4.13. The number of terminal acetylenes is 1. The lowest BCUT2D eigenvalue weighted by Gasteiger charge is -2.15. The fraction of sp³-hybridized carbons (Fsp3) is 0.400. The number of nitrogens with zero attached hydrogens (tertiary/aromatic N) is 2. The highest BCUT2D eigenvalue weighted by Crippen LogP contribution is 2.13. The Morgan fingerprint density at radius 3 is 3.07 bits per heavy atom. The molecule has 4 nitrogen and oxygen atoms in total. The molecule has 0 radical (unpaired) electrons. The van der Waals surface area contributed by atoms with Crippen LogP contribution in [0.3, 0.4) is 0 Å². The van der Waals surface area contributed by atoms with E-state index in [0.29, 0.717) is 6.54 Å². The van der Waals surface area contributed by atoms with Gasteiger partial charge in [0.2, 0.25) is 0 Å². The van der Waals surface area contributed by atoms with Crippen molar-refractivity contribution in [1.29, 1.82) is 0 Å². The molecule has 0 saturated carbocycles. The molecule has 0 aliphatic carbocycles. The van der Waals surface area contributed by atoms with Gasteiger partial charge in [-0.25, -0.2) is 9.78 Å². The van der Waals surface area contributed by atoms with Crippen LogP contribution in [-0.4, -0.2) is 29.5 Å². The first-order valence-electron chi connectivity index (χ1n) is 4.47. The molecule has 80 valence electrons. The van der Waals surface area contributed by atoms with Crippen molar-refractivity contribution < 1.29 is 4.79 Å². The van der Waals surface area contributed by atoms with E-state index in [1.165, 1.54) is 0 Å². The predicted molar refractivity (Wildman–Crippen MR) is 60.5 cm³/mol. The molecule has 1 aromatic rings. The van der Waals surface area contributed by atoms with Gasteiger partial charge in [0.15, 0.2) is 0 Å². The summed E-state index contributed by atoms with van der Waals surface area (Å²) in [5.74, 6) is 2.35. The second kappa shape index (κ2) is 5.37. The molecular formula is C10H13N3OS. The SMILES string of the molecule is C#CCNC(=O)N(C)Cc1cnc(C)s1. The number of aromatic nitrogens is 1. The van der Waals surface area contributed by atoms with Gasteiger partial charge in [-0.2, -0.15) is 0 Å². The minimum absolute atomic E-state index is 0.168. The van der Waals surface area contributed by atoms with Gasteiger partial charge in [-0.1, -0.05) is 5.92 Å². The molecule has 5 heteroatoms. The van der Waals surface area contributed by atoms with Crippen LogP contribution in [0.5, 0.6) is 0 Å². The molecule has 1 heterocycles. The van der Waals surface area contributed by atoms with Crippen LogP contribution < -0.4 is 5.32 Å². The maximum Gasteiger partial charge on any atom is 0.318 e. The maximum absolute atomic E-state index is 11.4. The first-order valence-corrected chi connectivity index (χ1v) is 5.29. The molecule has 0 unspecified atom stereocenters. The van der Waals surface area contributed by atoms with Gasteiger partial charge < -0.3 is 10.2 Å². The monoisotopic (exact) mass is 223 g/mol. The quantitative estimate of drug-likeness (QED) is 0.783. The Balaban J connectivity index is 2.45. The van der Waals surface area contributed by atoms with E-state index in [0.717, 1.165) is 9.88 Å². The van der Waals surface area contributed by atoms with E-state index < -0.39 is 0 Å². The minimum atomic E-state index is -0.168. The van der Waals surface area contributed by atoms with Crippen molar-refractivity contribution in [2.24, 2.45) is 0 Å². The normalized spacial score (nSPS) is 9.40. The molecule has 0 aliphatic rings. The van der Waals surface area contributed by atoms with Gasteiger partial charge in [0.1, 0.15) is 0 Å². The van der Waals surface area contributed by atoms with Crippen LogP contribution in [0.25, 0.3) is 0 Å². The van der Waals surface area contributed by atoms with Crippen LogP contribution in [0.1, 0.15) is 9.88 Å². The Morgan fingerprint density at radius 2 is 2.53 bits per heavy atom. The van der Waals surface area contributed by atoms with Crippen LogP contribution in [-0.2, 0) is 6.54 Å². The summed E-state index contributed by atoms with van der Waals surface area (Å²) in [6.45, 7) is 2.75. The van der Waals surface area contributed by atoms with E-state index in [2.05, 4.69) is 16.2 Å². The minimum Gasteiger partial charge on any atom is -0.327 e. The van der Waals surface area contributed by atoms with Crippen LogP contribution in [0, 0.1) is 19.3 Å². The number of carbonyl (C=O) groups is 1. The zero-order chi connectivity index (χ0) is 11.3. The lowest BCUT2D eigenvalue weighted by atomic mass is 10.5. The van der Waals surface area contributed by atoms with Gasteiger partial charge in [-0.05, 0) is 6.92 Å².